The van der Waals surface area contributed by atoms with Gasteiger partial charge in [-0.3, -0.25) is 0 Å². The highest BCUT2D eigenvalue weighted by molar-refractivity contribution is 6.05. The van der Waals surface area contributed by atoms with Gasteiger partial charge in [-0.05, 0) is 54.5 Å². The van der Waals surface area contributed by atoms with Crippen LogP contribution >= 0.6 is 0 Å². The van der Waals surface area contributed by atoms with Crippen molar-refractivity contribution in [2.24, 2.45) is 5.92 Å². The zero-order chi connectivity index (χ0) is 22.2. The third-order valence-corrected chi connectivity index (χ3v) is 5.51. The highest BCUT2D eigenvalue weighted by atomic mass is 14.9. The van der Waals surface area contributed by atoms with E-state index in [-0.39, 0.29) is 0 Å². The minimum Gasteiger partial charge on any atom is -0.362 e. The maximum absolute atomic E-state index is 4.44. The van der Waals surface area contributed by atoms with Crippen molar-refractivity contribution in [3.63, 3.8) is 0 Å². The first kappa shape index (κ1) is 22.2. The van der Waals surface area contributed by atoms with Crippen molar-refractivity contribution in [3.05, 3.63) is 138 Å². The summed E-state index contributed by atoms with van der Waals surface area (Å²) in [4.78, 5) is 0. The minimum absolute atomic E-state index is 0.575. The van der Waals surface area contributed by atoms with Gasteiger partial charge in [-0.2, -0.15) is 0 Å². The molecule has 2 aromatic rings. The van der Waals surface area contributed by atoms with Crippen LogP contribution in [0.25, 0.3) is 11.1 Å². The van der Waals surface area contributed by atoms with Gasteiger partial charge >= 0.3 is 0 Å². The maximum Gasteiger partial charge on any atom is 0.0202 e. The van der Waals surface area contributed by atoms with E-state index in [2.05, 4.69) is 99.6 Å². The van der Waals surface area contributed by atoms with E-state index in [9.17, 15) is 0 Å². The van der Waals surface area contributed by atoms with Gasteiger partial charge in [0.2, 0.25) is 0 Å². The predicted octanol–water partition coefficient (Wildman–Crippen LogP) is 7.86. The average molecular weight is 406 g/mol. The highest BCUT2D eigenvalue weighted by Crippen LogP contribution is 2.32. The molecule has 1 heteroatoms. The summed E-state index contributed by atoms with van der Waals surface area (Å²) in [5, 5.41) is 3.65. The monoisotopic (exact) mass is 405 g/mol. The first-order chi connectivity index (χ1) is 15.0. The van der Waals surface area contributed by atoms with Gasteiger partial charge in [-0.25, -0.2) is 0 Å². The second-order valence-corrected chi connectivity index (χ2v) is 7.95. The lowest BCUT2D eigenvalue weighted by atomic mass is 9.91. The summed E-state index contributed by atoms with van der Waals surface area (Å²) in [5.74, 6) is 0.575. The summed E-state index contributed by atoms with van der Waals surface area (Å²) in [6.07, 6.45) is 9.75. The molecule has 156 valence electrons. The second kappa shape index (κ2) is 10.5. The van der Waals surface area contributed by atoms with Crippen LogP contribution in [0.2, 0.25) is 0 Å². The van der Waals surface area contributed by atoms with E-state index < -0.39 is 0 Å². The Labute approximate surface area is 187 Å². The zero-order valence-electron chi connectivity index (χ0n) is 18.8. The number of hydrogen-bond acceptors (Lipinski definition) is 1. The molecule has 0 amide bonds. The molecule has 1 atom stereocenters. The van der Waals surface area contributed by atoms with E-state index in [1.807, 2.05) is 30.3 Å². The van der Waals surface area contributed by atoms with Crippen molar-refractivity contribution in [2.45, 2.75) is 27.2 Å². The topological polar surface area (TPSA) is 12.0 Å². The van der Waals surface area contributed by atoms with Gasteiger partial charge in [0.1, 0.15) is 0 Å². The molecule has 0 aliphatic heterocycles. The molecule has 0 saturated carbocycles. The molecular formula is C30H31N. The van der Waals surface area contributed by atoms with Crippen LogP contribution < -0.4 is 5.32 Å². The third kappa shape index (κ3) is 5.54. The molecule has 1 nitrogen and oxygen atoms in total. The van der Waals surface area contributed by atoms with Crippen molar-refractivity contribution in [1.29, 1.82) is 0 Å². The van der Waals surface area contributed by atoms with Crippen LogP contribution in [0.3, 0.4) is 0 Å². The van der Waals surface area contributed by atoms with E-state index in [1.54, 1.807) is 0 Å². The van der Waals surface area contributed by atoms with Crippen molar-refractivity contribution in [1.82, 2.24) is 5.32 Å². The smallest absolute Gasteiger partial charge is 0.0202 e. The van der Waals surface area contributed by atoms with Gasteiger partial charge < -0.3 is 5.32 Å². The van der Waals surface area contributed by atoms with Crippen LogP contribution in [-0.2, 0) is 0 Å². The van der Waals surface area contributed by atoms with Gasteiger partial charge in [0.25, 0.3) is 0 Å². The SMILES string of the molecule is C=C=C/C(C1=CCC(C)C=C1)=C(/C)N/C(C)=C(/C(=C)c1ccccc1)c1ccccc1. The van der Waals surface area contributed by atoms with Gasteiger partial charge in [0, 0.05) is 22.5 Å². The molecule has 2 aromatic carbocycles. The molecule has 0 radical (unpaired) electrons. The molecule has 0 heterocycles. The Morgan fingerprint density at radius 2 is 1.58 bits per heavy atom. The van der Waals surface area contributed by atoms with Crippen molar-refractivity contribution in [3.8, 4) is 0 Å². The molecule has 1 aliphatic rings. The lowest BCUT2D eigenvalue weighted by Gasteiger charge is -2.20. The number of hydrogen-bond donors (Lipinski definition) is 1. The summed E-state index contributed by atoms with van der Waals surface area (Å²) in [6, 6.07) is 20.8. The molecule has 1 unspecified atom stereocenters. The molecule has 1 aliphatic carbocycles. The number of allylic oxidation sites excluding steroid dienone is 10. The summed E-state index contributed by atoms with van der Waals surface area (Å²) < 4.78 is 0. The van der Waals surface area contributed by atoms with Gasteiger partial charge in [0.05, 0.1) is 0 Å². The number of benzene rings is 2. The predicted molar refractivity (Wildman–Crippen MR) is 135 cm³/mol. The lowest BCUT2D eigenvalue weighted by Crippen LogP contribution is -2.14. The highest BCUT2D eigenvalue weighted by Gasteiger charge is 2.14. The van der Waals surface area contributed by atoms with Gasteiger partial charge in [-0.15, -0.1) is 5.73 Å². The quantitative estimate of drug-likeness (QED) is 0.365. The van der Waals surface area contributed by atoms with Crippen LogP contribution in [0.5, 0.6) is 0 Å². The van der Waals surface area contributed by atoms with Crippen molar-refractivity contribution < 1.29 is 0 Å². The molecule has 0 bridgehead atoms. The largest absolute Gasteiger partial charge is 0.362 e. The molecule has 0 saturated heterocycles. The zero-order valence-corrected chi connectivity index (χ0v) is 18.8. The van der Waals surface area contributed by atoms with Crippen LogP contribution in [0.15, 0.2) is 126 Å². The third-order valence-electron chi connectivity index (χ3n) is 5.51. The number of rotatable bonds is 7. The summed E-state index contributed by atoms with van der Waals surface area (Å²) in [7, 11) is 0. The Morgan fingerprint density at radius 3 is 2.13 bits per heavy atom. The van der Waals surface area contributed by atoms with E-state index in [0.29, 0.717) is 5.92 Å². The normalized spacial score (nSPS) is 17.0. The van der Waals surface area contributed by atoms with Crippen molar-refractivity contribution in [2.75, 3.05) is 0 Å². The molecule has 3 rings (SSSR count). The fourth-order valence-electron chi connectivity index (χ4n) is 3.85. The van der Waals surface area contributed by atoms with Gasteiger partial charge in [0.15, 0.2) is 0 Å². The summed E-state index contributed by atoms with van der Waals surface area (Å²) in [6.45, 7) is 14.7. The van der Waals surface area contributed by atoms with E-state index in [0.717, 1.165) is 45.7 Å². The second-order valence-electron chi connectivity index (χ2n) is 7.95. The molecule has 0 spiro atoms. The Balaban J connectivity index is 2.06. The van der Waals surface area contributed by atoms with Crippen LogP contribution in [0, 0.1) is 5.92 Å². The van der Waals surface area contributed by atoms with E-state index in [4.69, 9.17) is 0 Å². The van der Waals surface area contributed by atoms with Gasteiger partial charge in [-0.1, -0.05) is 99.0 Å². The summed E-state index contributed by atoms with van der Waals surface area (Å²) in [5.41, 5.74) is 11.7. The van der Waals surface area contributed by atoms with E-state index in [1.165, 1.54) is 5.57 Å². The molecular weight excluding hydrogens is 374 g/mol. The Kier molecular flexibility index (Phi) is 7.49. The molecule has 1 N–H and O–H groups in total. The van der Waals surface area contributed by atoms with Crippen molar-refractivity contribution >= 4 is 11.1 Å². The summed E-state index contributed by atoms with van der Waals surface area (Å²) >= 11 is 0. The first-order valence-electron chi connectivity index (χ1n) is 10.7. The van der Waals surface area contributed by atoms with E-state index >= 15 is 0 Å². The Morgan fingerprint density at radius 1 is 0.968 bits per heavy atom. The van der Waals surface area contributed by atoms with Crippen LogP contribution in [0.4, 0.5) is 0 Å². The standard InChI is InChI=1S/C30H31N/c1-6-13-29(27-20-18-22(2)19-21-27)24(4)31-25(5)30(28-16-11-8-12-17-28)23(3)26-14-9-7-10-15-26/h7-18,20-22,31H,1,3,19H2,2,4-5H3/b29-24+,30-25-. The molecule has 0 aromatic heterocycles. The fraction of sp³-hybridized carbons (Fsp3) is 0.167. The fourth-order valence-corrected chi connectivity index (χ4v) is 3.85. The Hall–Kier alpha value is -3.54. The average Bonchev–Trinajstić information content (AvgIpc) is 2.79. The maximum atomic E-state index is 4.44. The number of nitrogens with one attached hydrogen (secondary N) is 1. The lowest BCUT2D eigenvalue weighted by molar-refractivity contribution is 0.732. The van der Waals surface area contributed by atoms with Crippen LogP contribution in [-0.4, -0.2) is 0 Å². The first-order valence-corrected chi connectivity index (χ1v) is 10.7. The Bertz CT molecular complexity index is 1100. The molecule has 0 fully saturated rings. The molecule has 31 heavy (non-hydrogen) atoms. The van der Waals surface area contributed by atoms with Crippen LogP contribution in [0.1, 0.15) is 38.3 Å². The minimum atomic E-state index is 0.575.